The van der Waals surface area contributed by atoms with Crippen LogP contribution in [-0.2, 0) is 4.79 Å². The number of nitrogens with one attached hydrogen (secondary N) is 1. The van der Waals surface area contributed by atoms with Gasteiger partial charge in [0, 0.05) is 10.9 Å². The van der Waals surface area contributed by atoms with Gasteiger partial charge >= 0.3 is 5.97 Å². The van der Waals surface area contributed by atoms with Gasteiger partial charge in [0.2, 0.25) is 0 Å². The summed E-state index contributed by atoms with van der Waals surface area (Å²) in [5, 5.41) is 14.0. The third kappa shape index (κ3) is 4.32. The summed E-state index contributed by atoms with van der Waals surface area (Å²) in [6.45, 7) is 6.00. The van der Waals surface area contributed by atoms with Crippen LogP contribution in [0, 0.1) is 5.92 Å². The quantitative estimate of drug-likeness (QED) is 0.803. The van der Waals surface area contributed by atoms with Crippen molar-refractivity contribution in [2.75, 3.05) is 6.61 Å². The zero-order valence-electron chi connectivity index (χ0n) is 13.8. The van der Waals surface area contributed by atoms with Crippen molar-refractivity contribution in [2.45, 2.75) is 26.8 Å². The standard InChI is InChI=1S/C17H20N2O4S/c1-4-23-12-7-5-11(6-8-12)16-18-13(9-24-16)15(20)19-14(10(2)3)17(21)22/h5-10,14H,4H2,1-3H3,(H,19,20)(H,21,22)/t14-/m0/s1. The molecule has 0 radical (unpaired) electrons. The van der Waals surface area contributed by atoms with Crippen LogP contribution < -0.4 is 10.1 Å². The van der Waals surface area contributed by atoms with Crippen LogP contribution in [0.15, 0.2) is 29.6 Å². The Labute approximate surface area is 144 Å². The van der Waals surface area contributed by atoms with E-state index in [1.165, 1.54) is 11.3 Å². The summed E-state index contributed by atoms with van der Waals surface area (Å²) < 4.78 is 5.39. The Morgan fingerprint density at radius 2 is 1.96 bits per heavy atom. The molecule has 0 aliphatic carbocycles. The second kappa shape index (κ2) is 7.92. The molecule has 0 aliphatic rings. The van der Waals surface area contributed by atoms with Crippen molar-refractivity contribution in [1.29, 1.82) is 0 Å². The molecule has 1 amide bonds. The maximum Gasteiger partial charge on any atom is 0.326 e. The molecule has 0 unspecified atom stereocenters. The van der Waals surface area contributed by atoms with Gasteiger partial charge in [-0.1, -0.05) is 13.8 Å². The van der Waals surface area contributed by atoms with Gasteiger partial charge in [-0.3, -0.25) is 4.79 Å². The van der Waals surface area contributed by atoms with Crippen LogP contribution in [0.25, 0.3) is 10.6 Å². The number of benzene rings is 1. The van der Waals surface area contributed by atoms with Crippen LogP contribution in [0.1, 0.15) is 31.3 Å². The highest BCUT2D eigenvalue weighted by Gasteiger charge is 2.25. The highest BCUT2D eigenvalue weighted by molar-refractivity contribution is 7.13. The van der Waals surface area contributed by atoms with E-state index in [9.17, 15) is 9.59 Å². The number of carbonyl (C=O) groups excluding carboxylic acids is 1. The largest absolute Gasteiger partial charge is 0.494 e. The van der Waals surface area contributed by atoms with Crippen molar-refractivity contribution in [3.63, 3.8) is 0 Å². The Kier molecular flexibility index (Phi) is 5.92. The number of hydrogen-bond acceptors (Lipinski definition) is 5. The first kappa shape index (κ1) is 17.9. The predicted octanol–water partition coefficient (Wildman–Crippen LogP) is 3.05. The van der Waals surface area contributed by atoms with Crippen LogP contribution in [0.2, 0.25) is 0 Å². The summed E-state index contributed by atoms with van der Waals surface area (Å²) >= 11 is 1.33. The summed E-state index contributed by atoms with van der Waals surface area (Å²) in [4.78, 5) is 27.7. The maximum atomic E-state index is 12.2. The number of thiazole rings is 1. The predicted molar refractivity (Wildman–Crippen MR) is 92.4 cm³/mol. The first-order valence-corrected chi connectivity index (χ1v) is 8.52. The van der Waals surface area contributed by atoms with Gasteiger partial charge in [0.15, 0.2) is 0 Å². The van der Waals surface area contributed by atoms with Gasteiger partial charge in [0.1, 0.15) is 22.5 Å². The Morgan fingerprint density at radius 3 is 2.50 bits per heavy atom. The van der Waals surface area contributed by atoms with Crippen molar-refractivity contribution < 1.29 is 19.4 Å². The van der Waals surface area contributed by atoms with Crippen LogP contribution in [-0.4, -0.2) is 34.6 Å². The van der Waals surface area contributed by atoms with Gasteiger partial charge in [-0.15, -0.1) is 11.3 Å². The van der Waals surface area contributed by atoms with E-state index in [1.54, 1.807) is 19.2 Å². The van der Waals surface area contributed by atoms with E-state index in [1.807, 2.05) is 31.2 Å². The van der Waals surface area contributed by atoms with E-state index in [0.717, 1.165) is 11.3 Å². The molecule has 1 heterocycles. The van der Waals surface area contributed by atoms with Crippen molar-refractivity contribution in [3.8, 4) is 16.3 Å². The Balaban J connectivity index is 2.12. The number of amides is 1. The monoisotopic (exact) mass is 348 g/mol. The fraction of sp³-hybridized carbons (Fsp3) is 0.353. The third-order valence-corrected chi connectivity index (χ3v) is 4.26. The first-order chi connectivity index (χ1) is 11.4. The molecular weight excluding hydrogens is 328 g/mol. The minimum absolute atomic E-state index is 0.212. The number of hydrogen-bond donors (Lipinski definition) is 2. The Morgan fingerprint density at radius 1 is 1.29 bits per heavy atom. The Bertz CT molecular complexity index is 710. The molecule has 0 saturated carbocycles. The first-order valence-electron chi connectivity index (χ1n) is 7.64. The number of aromatic nitrogens is 1. The summed E-state index contributed by atoms with van der Waals surface area (Å²) in [5.41, 5.74) is 1.09. The number of ether oxygens (including phenoxy) is 1. The molecular formula is C17H20N2O4S. The summed E-state index contributed by atoms with van der Waals surface area (Å²) in [7, 11) is 0. The van der Waals surface area contributed by atoms with Crippen molar-refractivity contribution >= 4 is 23.2 Å². The van der Waals surface area contributed by atoms with Crippen LogP contribution in [0.4, 0.5) is 0 Å². The van der Waals surface area contributed by atoms with Gasteiger partial charge in [-0.05, 0) is 37.1 Å². The van der Waals surface area contributed by atoms with Gasteiger partial charge in [-0.25, -0.2) is 9.78 Å². The van der Waals surface area contributed by atoms with Crippen LogP contribution in [0.3, 0.4) is 0 Å². The zero-order chi connectivity index (χ0) is 17.7. The molecule has 2 aromatic rings. The highest BCUT2D eigenvalue weighted by atomic mass is 32.1. The highest BCUT2D eigenvalue weighted by Crippen LogP contribution is 2.25. The minimum atomic E-state index is -1.06. The lowest BCUT2D eigenvalue weighted by atomic mass is 10.0. The van der Waals surface area contributed by atoms with E-state index >= 15 is 0 Å². The molecule has 2 rings (SSSR count). The second-order valence-electron chi connectivity index (χ2n) is 5.53. The molecule has 0 fully saturated rings. The zero-order valence-corrected chi connectivity index (χ0v) is 14.6. The fourth-order valence-corrected chi connectivity index (χ4v) is 2.91. The molecule has 0 bridgehead atoms. The third-order valence-electron chi connectivity index (χ3n) is 3.37. The number of nitrogens with zero attached hydrogens (tertiary/aromatic N) is 1. The molecule has 24 heavy (non-hydrogen) atoms. The number of carboxylic acids is 1. The van der Waals surface area contributed by atoms with E-state index < -0.39 is 17.9 Å². The lowest BCUT2D eigenvalue weighted by Gasteiger charge is -2.16. The van der Waals surface area contributed by atoms with Crippen LogP contribution >= 0.6 is 11.3 Å². The molecule has 1 aromatic carbocycles. The Hall–Kier alpha value is -2.41. The van der Waals surface area contributed by atoms with E-state index in [2.05, 4.69) is 10.3 Å². The SMILES string of the molecule is CCOc1ccc(-c2nc(C(=O)N[C@H](C(=O)O)C(C)C)cs2)cc1. The van der Waals surface area contributed by atoms with E-state index in [-0.39, 0.29) is 11.6 Å². The lowest BCUT2D eigenvalue weighted by Crippen LogP contribution is -2.44. The molecule has 0 spiro atoms. The van der Waals surface area contributed by atoms with Crippen molar-refractivity contribution in [2.24, 2.45) is 5.92 Å². The van der Waals surface area contributed by atoms with Gasteiger partial charge < -0.3 is 15.2 Å². The molecule has 1 aromatic heterocycles. The van der Waals surface area contributed by atoms with Crippen molar-refractivity contribution in [3.05, 3.63) is 35.3 Å². The second-order valence-corrected chi connectivity index (χ2v) is 6.39. The molecule has 2 N–H and O–H groups in total. The summed E-state index contributed by atoms with van der Waals surface area (Å²) in [6.07, 6.45) is 0. The van der Waals surface area contributed by atoms with Gasteiger partial charge in [0.05, 0.1) is 6.61 Å². The van der Waals surface area contributed by atoms with Gasteiger partial charge in [0.25, 0.3) is 5.91 Å². The summed E-state index contributed by atoms with van der Waals surface area (Å²) in [6, 6.07) is 6.51. The molecule has 0 saturated heterocycles. The summed E-state index contributed by atoms with van der Waals surface area (Å²) in [5.74, 6) is -0.975. The smallest absolute Gasteiger partial charge is 0.326 e. The van der Waals surface area contributed by atoms with E-state index in [0.29, 0.717) is 11.6 Å². The number of carboxylic acid groups (broad SMARTS) is 1. The normalized spacial score (nSPS) is 12.0. The fourth-order valence-electron chi connectivity index (χ4n) is 2.10. The average molecular weight is 348 g/mol. The number of aliphatic carboxylic acids is 1. The van der Waals surface area contributed by atoms with E-state index in [4.69, 9.17) is 9.84 Å². The lowest BCUT2D eigenvalue weighted by molar-refractivity contribution is -0.140. The molecule has 6 nitrogen and oxygen atoms in total. The number of rotatable bonds is 7. The average Bonchev–Trinajstić information content (AvgIpc) is 3.03. The maximum absolute atomic E-state index is 12.2. The molecule has 0 aliphatic heterocycles. The molecule has 1 atom stereocenters. The number of carbonyl (C=O) groups is 2. The van der Waals surface area contributed by atoms with Gasteiger partial charge in [-0.2, -0.15) is 0 Å². The minimum Gasteiger partial charge on any atom is -0.494 e. The van der Waals surface area contributed by atoms with Crippen LogP contribution in [0.5, 0.6) is 5.75 Å². The molecule has 128 valence electrons. The van der Waals surface area contributed by atoms with Crippen molar-refractivity contribution in [1.82, 2.24) is 10.3 Å². The topological polar surface area (TPSA) is 88.5 Å². The molecule has 7 heteroatoms.